The quantitative estimate of drug-likeness (QED) is 0.417. The van der Waals surface area contributed by atoms with Crippen LogP contribution in [-0.4, -0.2) is 35.7 Å². The van der Waals surface area contributed by atoms with Crippen molar-refractivity contribution in [1.82, 2.24) is 4.90 Å². The maximum atomic E-state index is 13.0. The van der Waals surface area contributed by atoms with E-state index in [4.69, 9.17) is 9.47 Å². The first-order chi connectivity index (χ1) is 16.9. The molecule has 0 aromatic heterocycles. The lowest BCUT2D eigenvalue weighted by Crippen LogP contribution is -2.51. The predicted octanol–water partition coefficient (Wildman–Crippen LogP) is 5.71. The number of nitrogens with zero attached hydrogens (tertiary/aromatic N) is 2. The molecule has 3 aliphatic carbocycles. The van der Waals surface area contributed by atoms with Gasteiger partial charge in [0.25, 0.3) is 5.69 Å². The maximum Gasteiger partial charge on any atom is 0.410 e. The zero-order chi connectivity index (χ0) is 24.3. The zero-order valence-electron chi connectivity index (χ0n) is 20.3. The number of rotatable bonds is 4. The number of hydrogen-bond donors (Lipinski definition) is 0. The van der Waals surface area contributed by atoms with Crippen LogP contribution in [0, 0.1) is 33.3 Å². The molecule has 4 aliphatic rings. The van der Waals surface area contributed by atoms with Crippen LogP contribution in [0.15, 0.2) is 42.5 Å². The first kappa shape index (κ1) is 22.4. The number of hydrogen-bond acceptors (Lipinski definition) is 5. The monoisotopic (exact) mass is 476 g/mol. The number of ether oxygens (including phenoxy) is 2. The van der Waals surface area contributed by atoms with E-state index < -0.39 is 4.92 Å². The first-order valence-electron chi connectivity index (χ1n) is 12.7. The number of fused-ring (bicyclic) bond motifs is 7. The second-order valence-corrected chi connectivity index (χ2v) is 11.1. The van der Waals surface area contributed by atoms with E-state index in [2.05, 4.69) is 25.1 Å². The Labute approximate surface area is 205 Å². The van der Waals surface area contributed by atoms with Crippen LogP contribution in [-0.2, 0) is 17.7 Å². The Bertz CT molecular complexity index is 1180. The lowest BCUT2D eigenvalue weighted by Gasteiger charge is -2.51. The maximum absolute atomic E-state index is 13.0. The number of benzene rings is 2. The van der Waals surface area contributed by atoms with Crippen molar-refractivity contribution in [3.63, 3.8) is 0 Å². The molecule has 2 saturated carbocycles. The largest absolute Gasteiger partial charge is 0.497 e. The smallest absolute Gasteiger partial charge is 0.410 e. The Balaban J connectivity index is 1.22. The van der Waals surface area contributed by atoms with Crippen molar-refractivity contribution >= 4 is 11.8 Å². The highest BCUT2D eigenvalue weighted by atomic mass is 16.6. The first-order valence-corrected chi connectivity index (χ1v) is 12.7. The van der Waals surface area contributed by atoms with E-state index in [0.29, 0.717) is 36.8 Å². The third-order valence-electron chi connectivity index (χ3n) is 9.44. The van der Waals surface area contributed by atoms with E-state index in [0.717, 1.165) is 37.0 Å². The molecule has 0 bridgehead atoms. The number of aryl methyl sites for hydroxylation is 1. The molecule has 3 fully saturated rings. The van der Waals surface area contributed by atoms with E-state index in [9.17, 15) is 14.9 Å². The van der Waals surface area contributed by atoms with Gasteiger partial charge in [-0.05, 0) is 78.7 Å². The fourth-order valence-corrected chi connectivity index (χ4v) is 7.88. The normalized spacial score (nSPS) is 33.1. The molecule has 1 amide bonds. The van der Waals surface area contributed by atoms with Gasteiger partial charge in [-0.15, -0.1) is 0 Å². The number of methoxy groups -OCH3 is 1. The fraction of sp³-hybridized carbons (Fsp3) is 0.536. The van der Waals surface area contributed by atoms with E-state index in [1.54, 1.807) is 24.1 Å². The molecule has 184 valence electrons. The molecule has 1 saturated heterocycles. The molecule has 2 aromatic rings. The minimum atomic E-state index is -0.397. The third kappa shape index (κ3) is 3.58. The van der Waals surface area contributed by atoms with Crippen molar-refractivity contribution in [3.8, 4) is 5.75 Å². The summed E-state index contributed by atoms with van der Waals surface area (Å²) in [5.41, 5.74) is 3.74. The highest BCUT2D eigenvalue weighted by Gasteiger charge is 2.61. The summed E-state index contributed by atoms with van der Waals surface area (Å²) >= 11 is 0. The van der Waals surface area contributed by atoms with E-state index >= 15 is 0 Å². The third-order valence-corrected chi connectivity index (χ3v) is 9.44. The van der Waals surface area contributed by atoms with Gasteiger partial charge in [-0.2, -0.15) is 0 Å². The minimum absolute atomic E-state index is 0.0170. The second-order valence-electron chi connectivity index (χ2n) is 11.1. The lowest BCUT2D eigenvalue weighted by molar-refractivity contribution is -0.384. The topological polar surface area (TPSA) is 81.9 Å². The standard InChI is InChI=1S/C28H32N2O5/c1-28-11-10-23-22-9-7-21(34-2)13-18(22)6-8-24(23)25(28)14-19-16-29(27(31)35-26(19)28)15-17-4-3-5-20(12-17)30(32)33/h3-5,7,9,12-13,19,23-26H,6,8,10-11,14-16H2,1-2H3/t19-,23+,24+,25-,26+,28-/m0/s1. The average Bonchev–Trinajstić information content (AvgIpc) is 3.15. The van der Waals surface area contributed by atoms with Gasteiger partial charge in [0.1, 0.15) is 11.9 Å². The van der Waals surface area contributed by atoms with E-state index in [1.807, 2.05) is 6.07 Å². The van der Waals surface area contributed by atoms with Gasteiger partial charge in [0, 0.05) is 36.6 Å². The molecular weight excluding hydrogens is 444 g/mol. The van der Waals surface area contributed by atoms with Crippen LogP contribution in [0.25, 0.3) is 0 Å². The Kier molecular flexibility index (Phi) is 5.27. The molecule has 7 heteroatoms. The van der Waals surface area contributed by atoms with Crippen LogP contribution >= 0.6 is 0 Å². The number of amides is 1. The Morgan fingerprint density at radius 1 is 1.23 bits per heavy atom. The van der Waals surface area contributed by atoms with Crippen molar-refractivity contribution in [2.75, 3.05) is 13.7 Å². The van der Waals surface area contributed by atoms with Crippen molar-refractivity contribution in [3.05, 3.63) is 69.3 Å². The molecular formula is C28H32N2O5. The molecule has 1 aliphatic heterocycles. The zero-order valence-corrected chi connectivity index (χ0v) is 20.3. The average molecular weight is 477 g/mol. The van der Waals surface area contributed by atoms with E-state index in [1.165, 1.54) is 23.6 Å². The van der Waals surface area contributed by atoms with Gasteiger partial charge in [0.15, 0.2) is 0 Å². The molecule has 0 spiro atoms. The van der Waals surface area contributed by atoms with Gasteiger partial charge in [0.2, 0.25) is 0 Å². The van der Waals surface area contributed by atoms with E-state index in [-0.39, 0.29) is 23.3 Å². The second kappa shape index (κ2) is 8.25. The van der Waals surface area contributed by atoms with Crippen LogP contribution < -0.4 is 4.74 Å². The van der Waals surface area contributed by atoms with Gasteiger partial charge < -0.3 is 14.4 Å². The fourth-order valence-electron chi connectivity index (χ4n) is 7.88. The lowest BCUT2D eigenvalue weighted by atomic mass is 9.55. The number of carbonyl (C=O) groups excluding carboxylic acids is 1. The number of carbonyl (C=O) groups is 1. The number of nitro benzene ring substituents is 1. The molecule has 7 nitrogen and oxygen atoms in total. The summed E-state index contributed by atoms with van der Waals surface area (Å²) in [7, 11) is 1.73. The molecule has 6 atom stereocenters. The molecule has 0 unspecified atom stereocenters. The Morgan fingerprint density at radius 3 is 2.89 bits per heavy atom. The van der Waals surface area contributed by atoms with Gasteiger partial charge in [-0.3, -0.25) is 10.1 Å². The summed E-state index contributed by atoms with van der Waals surface area (Å²) in [4.78, 5) is 25.5. The van der Waals surface area contributed by atoms with Gasteiger partial charge >= 0.3 is 6.09 Å². The van der Waals surface area contributed by atoms with Crippen molar-refractivity contribution in [2.45, 2.75) is 57.6 Å². The predicted molar refractivity (Wildman–Crippen MR) is 130 cm³/mol. The summed E-state index contributed by atoms with van der Waals surface area (Å²) in [6, 6.07) is 13.1. The molecule has 2 aromatic carbocycles. The van der Waals surface area contributed by atoms with Crippen LogP contribution in [0.3, 0.4) is 0 Å². The van der Waals surface area contributed by atoms with Crippen LogP contribution in [0.1, 0.15) is 55.2 Å². The number of non-ortho nitro benzene ring substituents is 1. The SMILES string of the molecule is COc1ccc2c(c1)CC[C@@H]1[C@@H]2CC[C@]2(C)[C@@H]3OC(=O)N(Cc4cccc([N+](=O)[O-])c4)C[C@@H]3C[C@@H]12. The van der Waals surface area contributed by atoms with Crippen LogP contribution in [0.4, 0.5) is 10.5 Å². The summed E-state index contributed by atoms with van der Waals surface area (Å²) < 4.78 is 11.6. The van der Waals surface area contributed by atoms with Crippen molar-refractivity contribution < 1.29 is 19.2 Å². The van der Waals surface area contributed by atoms with Gasteiger partial charge in [-0.1, -0.05) is 25.1 Å². The van der Waals surface area contributed by atoms with Gasteiger partial charge in [-0.25, -0.2) is 4.79 Å². The molecule has 6 rings (SSSR count). The summed E-state index contributed by atoms with van der Waals surface area (Å²) in [6.45, 7) is 3.35. The van der Waals surface area contributed by atoms with Crippen molar-refractivity contribution in [2.24, 2.45) is 23.2 Å². The molecule has 0 N–H and O–H groups in total. The van der Waals surface area contributed by atoms with Crippen LogP contribution in [0.5, 0.6) is 5.75 Å². The Morgan fingerprint density at radius 2 is 2.09 bits per heavy atom. The van der Waals surface area contributed by atoms with Crippen LogP contribution in [0.2, 0.25) is 0 Å². The highest BCUT2D eigenvalue weighted by Crippen LogP contribution is 2.63. The Hall–Kier alpha value is -3.09. The molecule has 1 heterocycles. The van der Waals surface area contributed by atoms with Crippen molar-refractivity contribution in [1.29, 1.82) is 0 Å². The summed E-state index contributed by atoms with van der Waals surface area (Å²) in [5.74, 6) is 2.96. The minimum Gasteiger partial charge on any atom is -0.497 e. The summed E-state index contributed by atoms with van der Waals surface area (Å²) in [6.07, 6.45) is 5.21. The van der Waals surface area contributed by atoms with Gasteiger partial charge in [0.05, 0.1) is 12.0 Å². The molecule has 0 radical (unpaired) electrons. The molecule has 35 heavy (non-hydrogen) atoms. The highest BCUT2D eigenvalue weighted by molar-refractivity contribution is 5.69. The number of nitro groups is 1. The summed E-state index contributed by atoms with van der Waals surface area (Å²) in [5, 5.41) is 11.2.